The van der Waals surface area contributed by atoms with Gasteiger partial charge in [0.1, 0.15) is 11.2 Å². The van der Waals surface area contributed by atoms with Crippen LogP contribution in [0.25, 0.3) is 235 Å². The van der Waals surface area contributed by atoms with E-state index >= 15 is 0 Å². The molecule has 26 rings (SSSR count). The van der Waals surface area contributed by atoms with Gasteiger partial charge in [0.25, 0.3) is 0 Å². The van der Waals surface area contributed by atoms with Gasteiger partial charge in [0.2, 0.25) is 21.1 Å². The summed E-state index contributed by atoms with van der Waals surface area (Å²) in [6, 6.07) is 165. The first-order valence-corrected chi connectivity index (χ1v) is 48.7. The Labute approximate surface area is 854 Å². The van der Waals surface area contributed by atoms with Gasteiger partial charge in [-0.2, -0.15) is 39.9 Å². The van der Waals surface area contributed by atoms with Crippen molar-refractivity contribution in [2.45, 2.75) is 0 Å². The molecule has 7 heterocycles. The van der Waals surface area contributed by atoms with Crippen LogP contribution < -0.4 is 0 Å². The molecular formula is C126H80Cl4N14O. The van der Waals surface area contributed by atoms with Gasteiger partial charge in [-0.05, 0) is 204 Å². The standard InChI is InChI=1S/2C33H21ClN4.C33H20ClN3O.C27H18ClN3/c34-33-36-31(24-20-18-23(19-21-24)22-10-3-1-4-11-22)35-32(37-33)27-15-9-17-29-30(27)26-14-7-8-16-28(26)38(29)25-12-5-2-6-13-25;34-33-36-31(24-17-15-23(16-18-24)22-9-3-1-4-10-22)35-32(37-33)25-19-20-30-28(21-25)27-13-7-8-14-29(27)38(30)26-11-5-2-6-12-26;34-33-36-31(22-12-5-2-6-13-22)35-32(37-33)25-19-23(21-10-3-1-4-11-21)18-24(20-25)26-15-9-17-29-30(26)27-14-7-8-16-28(27)38-29;28-27-30-25(22-17-15-20(16-18-22)19-9-3-1-4-10-19)29-26(31-27)24-14-8-7-13-23(24)21-11-5-2-6-12-21/h2*1-21H;1-20H;1-18H. The predicted octanol–water partition coefficient (Wildman–Crippen LogP) is 33.5. The highest BCUT2D eigenvalue weighted by molar-refractivity contribution is 6.29. The fourth-order valence-electron chi connectivity index (χ4n) is 18.6. The van der Waals surface area contributed by atoms with Crippen molar-refractivity contribution in [2.75, 3.05) is 0 Å². The van der Waals surface area contributed by atoms with Crippen LogP contribution in [0.5, 0.6) is 0 Å². The summed E-state index contributed by atoms with van der Waals surface area (Å²) in [5.41, 5.74) is 28.9. The number of hydrogen-bond donors (Lipinski definition) is 0. The Balaban J connectivity index is 0.000000107. The molecule has 19 aromatic carbocycles. The molecule has 26 aromatic rings. The molecule has 0 unspecified atom stereocenters. The van der Waals surface area contributed by atoms with E-state index in [1.54, 1.807) is 0 Å². The maximum atomic E-state index is 6.48. The Hall–Kier alpha value is -18.2. The van der Waals surface area contributed by atoms with E-state index in [1.165, 1.54) is 10.9 Å². The molecule has 0 saturated carbocycles. The molecule has 0 atom stereocenters. The normalized spacial score (nSPS) is 11.2. The number of fused-ring (bicyclic) bond motifs is 9. The number of para-hydroxylation sites is 5. The van der Waals surface area contributed by atoms with Gasteiger partial charge >= 0.3 is 0 Å². The molecule has 19 heteroatoms. The first kappa shape index (κ1) is 90.6. The van der Waals surface area contributed by atoms with E-state index in [0.29, 0.717) is 46.6 Å². The number of benzene rings is 19. The molecule has 0 aliphatic carbocycles. The van der Waals surface area contributed by atoms with Crippen LogP contribution in [0.15, 0.2) is 490 Å². The largest absolute Gasteiger partial charge is 0.456 e. The molecule has 0 radical (unpaired) electrons. The van der Waals surface area contributed by atoms with E-state index in [0.717, 1.165) is 177 Å². The molecule has 145 heavy (non-hydrogen) atoms. The van der Waals surface area contributed by atoms with E-state index < -0.39 is 0 Å². The van der Waals surface area contributed by atoms with E-state index in [9.17, 15) is 0 Å². The zero-order chi connectivity index (χ0) is 97.5. The number of furan rings is 1. The molecule has 0 N–H and O–H groups in total. The number of halogens is 4. The van der Waals surface area contributed by atoms with E-state index in [4.69, 9.17) is 70.8 Å². The van der Waals surface area contributed by atoms with Gasteiger partial charge in [-0.15, -0.1) is 0 Å². The maximum absolute atomic E-state index is 6.48. The van der Waals surface area contributed by atoms with Gasteiger partial charge in [0.15, 0.2) is 46.6 Å². The highest BCUT2D eigenvalue weighted by Gasteiger charge is 2.24. The summed E-state index contributed by atoms with van der Waals surface area (Å²) in [4.78, 5) is 55.0. The monoisotopic (exact) mass is 1940 g/mol. The number of nitrogens with zero attached hydrogens (tertiary/aromatic N) is 14. The second-order valence-electron chi connectivity index (χ2n) is 34.4. The van der Waals surface area contributed by atoms with Crippen LogP contribution in [0, 0.1) is 0 Å². The molecule has 0 aliphatic heterocycles. The second kappa shape index (κ2) is 40.9. The van der Waals surface area contributed by atoms with Crippen LogP contribution in [-0.4, -0.2) is 68.9 Å². The number of rotatable bonds is 16. The Bertz CT molecular complexity index is 9200. The van der Waals surface area contributed by atoms with Gasteiger partial charge in [0, 0.05) is 88.2 Å². The molecular weight excluding hydrogens is 1870 g/mol. The van der Waals surface area contributed by atoms with Crippen LogP contribution in [0.2, 0.25) is 21.1 Å². The van der Waals surface area contributed by atoms with Crippen molar-refractivity contribution in [3.05, 3.63) is 506 Å². The SMILES string of the molecule is Clc1nc(-c2ccc(-c3ccccc3)cc2)nc(-c2ccc3c(c2)c2ccccc2n3-c2ccccc2)n1.Clc1nc(-c2ccc(-c3ccccc3)cc2)nc(-c2cccc3c2c2ccccc2n3-c2ccccc2)n1.Clc1nc(-c2ccc(-c3ccccc3)cc2)nc(-c2ccccc2-c2ccccc2)n1.Clc1nc(-c2ccccc2)nc(-c2cc(-c3ccccc3)cc(-c3cccc4oc5ccccc5c34)c2)n1. The van der Waals surface area contributed by atoms with Crippen LogP contribution in [0.4, 0.5) is 0 Å². The highest BCUT2D eigenvalue weighted by atomic mass is 35.5. The fourth-order valence-corrected chi connectivity index (χ4v) is 19.3. The smallest absolute Gasteiger partial charge is 0.226 e. The molecule has 7 aromatic heterocycles. The Morgan fingerprint density at radius 1 is 0.152 bits per heavy atom. The van der Waals surface area contributed by atoms with Crippen molar-refractivity contribution in [2.24, 2.45) is 0 Å². The van der Waals surface area contributed by atoms with E-state index in [2.05, 4.69) is 310 Å². The number of hydrogen-bond acceptors (Lipinski definition) is 13. The summed E-state index contributed by atoms with van der Waals surface area (Å²) in [6.07, 6.45) is 0. The fraction of sp³-hybridized carbons (Fsp3) is 0. The third-order valence-electron chi connectivity index (χ3n) is 25.4. The first-order chi connectivity index (χ1) is 71.5. The topological polar surface area (TPSA) is 178 Å². The van der Waals surface area contributed by atoms with Crippen molar-refractivity contribution in [3.63, 3.8) is 0 Å². The summed E-state index contributed by atoms with van der Waals surface area (Å²) in [6.45, 7) is 0. The molecule has 15 nitrogen and oxygen atoms in total. The molecule has 0 spiro atoms. The first-order valence-electron chi connectivity index (χ1n) is 47.1. The average molecular weight is 1950 g/mol. The van der Waals surface area contributed by atoms with Crippen LogP contribution in [-0.2, 0) is 0 Å². The van der Waals surface area contributed by atoms with Gasteiger partial charge in [-0.1, -0.05) is 394 Å². The molecule has 0 fully saturated rings. The summed E-state index contributed by atoms with van der Waals surface area (Å²) >= 11 is 25.6. The lowest BCUT2D eigenvalue weighted by Crippen LogP contribution is -1.98. The van der Waals surface area contributed by atoms with E-state index in [-0.39, 0.29) is 21.1 Å². The van der Waals surface area contributed by atoms with Gasteiger partial charge in [0.05, 0.1) is 22.1 Å². The quantitative estimate of drug-likeness (QED) is 0.0893. The zero-order valence-electron chi connectivity index (χ0n) is 77.4. The highest BCUT2D eigenvalue weighted by Crippen LogP contribution is 2.44. The summed E-state index contributed by atoms with van der Waals surface area (Å²) in [5, 5.41) is 7.35. The minimum absolute atomic E-state index is 0.156. The van der Waals surface area contributed by atoms with Crippen LogP contribution >= 0.6 is 46.4 Å². The van der Waals surface area contributed by atoms with Crippen LogP contribution in [0.3, 0.4) is 0 Å². The molecule has 0 bridgehead atoms. The molecule has 688 valence electrons. The maximum Gasteiger partial charge on any atom is 0.226 e. The van der Waals surface area contributed by atoms with Crippen molar-refractivity contribution >= 4 is 112 Å². The molecule has 0 amide bonds. The second-order valence-corrected chi connectivity index (χ2v) is 35.7. The molecule has 0 saturated heterocycles. The number of aromatic nitrogens is 14. The van der Waals surface area contributed by atoms with Crippen molar-refractivity contribution in [1.29, 1.82) is 0 Å². The average Bonchev–Trinajstić information content (AvgIpc) is 1.62. The Morgan fingerprint density at radius 2 is 0.441 bits per heavy atom. The van der Waals surface area contributed by atoms with Crippen molar-refractivity contribution in [1.82, 2.24) is 68.9 Å². The molecule has 0 aliphatic rings. The van der Waals surface area contributed by atoms with Gasteiger partial charge in [-0.25, -0.2) is 19.9 Å². The lowest BCUT2D eigenvalue weighted by Gasteiger charge is -2.12. The third kappa shape index (κ3) is 19.2. The zero-order valence-corrected chi connectivity index (χ0v) is 80.4. The summed E-state index contributed by atoms with van der Waals surface area (Å²) in [7, 11) is 0. The minimum atomic E-state index is 0.156. The lowest BCUT2D eigenvalue weighted by molar-refractivity contribution is 0.669. The predicted molar refractivity (Wildman–Crippen MR) is 591 cm³/mol. The van der Waals surface area contributed by atoms with Crippen molar-refractivity contribution < 1.29 is 4.42 Å². The van der Waals surface area contributed by atoms with E-state index in [1.807, 2.05) is 224 Å². The lowest BCUT2D eigenvalue weighted by atomic mass is 9.93. The summed E-state index contributed by atoms with van der Waals surface area (Å²) in [5.74, 6) is 4.36. The van der Waals surface area contributed by atoms with Gasteiger partial charge < -0.3 is 13.6 Å². The van der Waals surface area contributed by atoms with Crippen molar-refractivity contribution in [3.8, 4) is 169 Å². The summed E-state index contributed by atoms with van der Waals surface area (Å²) < 4.78 is 10.7. The van der Waals surface area contributed by atoms with Gasteiger partial charge in [-0.3, -0.25) is 0 Å². The minimum Gasteiger partial charge on any atom is -0.456 e. The Morgan fingerprint density at radius 3 is 0.938 bits per heavy atom. The van der Waals surface area contributed by atoms with Crippen LogP contribution in [0.1, 0.15) is 0 Å². The Kier molecular flexibility index (Phi) is 25.6. The third-order valence-corrected chi connectivity index (χ3v) is 26.1.